The Hall–Kier alpha value is -1.99. The summed E-state index contributed by atoms with van der Waals surface area (Å²) in [6, 6.07) is 8.37. The van der Waals surface area contributed by atoms with Crippen LogP contribution >= 0.6 is 0 Å². The molecule has 1 heterocycles. The van der Waals surface area contributed by atoms with Crippen molar-refractivity contribution >= 4 is 26.8 Å². The van der Waals surface area contributed by atoms with Crippen molar-refractivity contribution in [2.45, 2.75) is 50.0 Å². The number of carbonyl (C=O) groups is 1. The van der Waals surface area contributed by atoms with Crippen LogP contribution in [0, 0.1) is 5.92 Å². The molecular formula is C19H24N2O4S. The molecule has 1 saturated carbocycles. The molecule has 2 unspecified atom stereocenters. The summed E-state index contributed by atoms with van der Waals surface area (Å²) >= 11 is 0. The third-order valence-electron chi connectivity index (χ3n) is 4.93. The maximum absolute atomic E-state index is 12.6. The van der Waals surface area contributed by atoms with Gasteiger partial charge in [-0.3, -0.25) is 9.78 Å². The van der Waals surface area contributed by atoms with Gasteiger partial charge in [0.2, 0.25) is 0 Å². The number of sulfonamides is 1. The lowest BCUT2D eigenvalue weighted by atomic mass is 9.85. The van der Waals surface area contributed by atoms with Crippen molar-refractivity contribution in [3.8, 4) is 0 Å². The summed E-state index contributed by atoms with van der Waals surface area (Å²) in [5.41, 5.74) is 0.342. The number of aromatic nitrogens is 1. The third kappa shape index (κ3) is 4.22. The van der Waals surface area contributed by atoms with Crippen molar-refractivity contribution in [2.75, 3.05) is 6.61 Å². The number of hydrogen-bond acceptors (Lipinski definition) is 5. The molecule has 1 N–H and O–H groups in total. The van der Waals surface area contributed by atoms with Gasteiger partial charge in [-0.05, 0) is 30.9 Å². The van der Waals surface area contributed by atoms with Gasteiger partial charge in [0.1, 0.15) is 11.5 Å². The minimum absolute atomic E-state index is 0.00643. The highest BCUT2D eigenvalue weighted by Gasteiger charge is 2.26. The van der Waals surface area contributed by atoms with E-state index in [9.17, 15) is 13.2 Å². The highest BCUT2D eigenvalue weighted by molar-refractivity contribution is 7.90. The average Bonchev–Trinajstić information content (AvgIpc) is 2.65. The van der Waals surface area contributed by atoms with Crippen molar-refractivity contribution in [1.29, 1.82) is 0 Å². The molecule has 1 fully saturated rings. The van der Waals surface area contributed by atoms with E-state index in [2.05, 4.69) is 16.6 Å². The van der Waals surface area contributed by atoms with E-state index in [0.717, 1.165) is 25.7 Å². The molecule has 0 saturated heterocycles. The van der Waals surface area contributed by atoms with Gasteiger partial charge in [-0.2, -0.15) is 0 Å². The normalized spacial score (nSPS) is 20.8. The fraction of sp³-hybridized carbons (Fsp3) is 0.474. The smallest absolute Gasteiger partial charge is 0.266 e. The van der Waals surface area contributed by atoms with Crippen LogP contribution in [-0.2, 0) is 19.6 Å². The van der Waals surface area contributed by atoms with Gasteiger partial charge in [0.15, 0.2) is 0 Å². The fourth-order valence-electron chi connectivity index (χ4n) is 3.57. The lowest BCUT2D eigenvalue weighted by Gasteiger charge is -2.30. The van der Waals surface area contributed by atoms with Gasteiger partial charge in [0.05, 0.1) is 11.6 Å². The molecule has 0 aliphatic heterocycles. The van der Waals surface area contributed by atoms with Gasteiger partial charge in [0.25, 0.3) is 15.9 Å². The van der Waals surface area contributed by atoms with E-state index in [1.54, 1.807) is 24.3 Å². The summed E-state index contributed by atoms with van der Waals surface area (Å²) in [6.45, 7) is 1.86. The first-order valence-corrected chi connectivity index (χ1v) is 10.5. The van der Waals surface area contributed by atoms with Crippen LogP contribution in [0.4, 0.5) is 0 Å². The number of carbonyl (C=O) groups excluding carboxylic acids is 1. The number of para-hydroxylation sites is 1. The van der Waals surface area contributed by atoms with Crippen LogP contribution in [0.1, 0.15) is 39.0 Å². The molecule has 7 heteroatoms. The van der Waals surface area contributed by atoms with Gasteiger partial charge in [-0.15, -0.1) is 0 Å². The number of nitrogens with one attached hydrogen (secondary N) is 1. The summed E-state index contributed by atoms with van der Waals surface area (Å²) < 4.78 is 33.0. The second kappa shape index (κ2) is 8.14. The zero-order valence-electron chi connectivity index (χ0n) is 14.8. The first kappa shape index (κ1) is 18.8. The molecule has 1 amide bonds. The van der Waals surface area contributed by atoms with Crippen molar-refractivity contribution < 1.29 is 17.9 Å². The van der Waals surface area contributed by atoms with E-state index in [1.807, 2.05) is 0 Å². The van der Waals surface area contributed by atoms with Crippen LogP contribution in [-0.4, -0.2) is 32.0 Å². The number of pyridine rings is 1. The number of rotatable bonds is 6. The summed E-state index contributed by atoms with van der Waals surface area (Å²) in [4.78, 5) is 16.3. The van der Waals surface area contributed by atoms with E-state index < -0.39 is 15.9 Å². The maximum atomic E-state index is 12.6. The monoisotopic (exact) mass is 376 g/mol. The van der Waals surface area contributed by atoms with Gasteiger partial charge in [-0.1, -0.05) is 44.4 Å². The van der Waals surface area contributed by atoms with Crippen LogP contribution in [0.3, 0.4) is 0 Å². The molecule has 2 atom stereocenters. The van der Waals surface area contributed by atoms with Gasteiger partial charge in [0, 0.05) is 11.6 Å². The number of ether oxygens (including phenoxy) is 1. The molecule has 1 aromatic carbocycles. The summed E-state index contributed by atoms with van der Waals surface area (Å²) in [5.74, 6) is -0.214. The third-order valence-corrected chi connectivity index (χ3v) is 6.33. The number of hydrogen-bond donors (Lipinski definition) is 1. The maximum Gasteiger partial charge on any atom is 0.266 e. The average molecular weight is 376 g/mol. The predicted molar refractivity (Wildman–Crippen MR) is 99.1 cm³/mol. The Kier molecular flexibility index (Phi) is 5.88. The lowest BCUT2D eigenvalue weighted by Crippen LogP contribution is -2.36. The molecule has 1 aliphatic rings. The zero-order chi connectivity index (χ0) is 18.6. The molecule has 6 nitrogen and oxygen atoms in total. The van der Waals surface area contributed by atoms with E-state index in [0.29, 0.717) is 16.8 Å². The van der Waals surface area contributed by atoms with Gasteiger partial charge >= 0.3 is 0 Å². The number of benzene rings is 1. The number of fused-ring (bicyclic) bond motifs is 1. The van der Waals surface area contributed by atoms with E-state index >= 15 is 0 Å². The Labute approximate surface area is 154 Å². The van der Waals surface area contributed by atoms with Crippen molar-refractivity contribution in [3.63, 3.8) is 0 Å². The van der Waals surface area contributed by atoms with Crippen LogP contribution in [0.25, 0.3) is 10.9 Å². The Morgan fingerprint density at radius 2 is 2.00 bits per heavy atom. The largest absolute Gasteiger partial charge is 0.368 e. The number of amides is 1. The summed E-state index contributed by atoms with van der Waals surface area (Å²) in [6.07, 6.45) is 6.86. The molecule has 3 rings (SSSR count). The van der Waals surface area contributed by atoms with Crippen molar-refractivity contribution in [1.82, 2.24) is 9.71 Å². The molecular weight excluding hydrogens is 352 g/mol. The Morgan fingerprint density at radius 1 is 1.23 bits per heavy atom. The highest BCUT2D eigenvalue weighted by atomic mass is 32.2. The zero-order valence-corrected chi connectivity index (χ0v) is 15.7. The molecule has 140 valence electrons. The fourth-order valence-corrected chi connectivity index (χ4v) is 4.72. The molecule has 0 bridgehead atoms. The molecule has 0 radical (unpaired) electrons. The van der Waals surface area contributed by atoms with Crippen LogP contribution < -0.4 is 4.72 Å². The second-order valence-corrected chi connectivity index (χ2v) is 8.31. The minimum atomic E-state index is -4.00. The first-order valence-electron chi connectivity index (χ1n) is 9.02. The SMILES string of the molecule is CCC1CCCCC1OCC(=O)NS(=O)(=O)c1cccc2cccnc12. The van der Waals surface area contributed by atoms with Crippen molar-refractivity contribution in [3.05, 3.63) is 36.5 Å². The standard InChI is InChI=1S/C19H24N2O4S/c1-2-14-7-3-4-10-16(14)25-13-18(22)21-26(23,24)17-11-5-8-15-9-6-12-20-19(15)17/h5-6,8-9,11-12,14,16H,2-4,7,10,13H2,1H3,(H,21,22). The Morgan fingerprint density at radius 3 is 2.81 bits per heavy atom. The lowest BCUT2D eigenvalue weighted by molar-refractivity contribution is -0.128. The Bertz CT molecular complexity index is 877. The van der Waals surface area contributed by atoms with E-state index in [-0.39, 0.29) is 17.6 Å². The van der Waals surface area contributed by atoms with E-state index in [4.69, 9.17) is 4.74 Å². The minimum Gasteiger partial charge on any atom is -0.368 e. The Balaban J connectivity index is 1.68. The summed E-state index contributed by atoms with van der Waals surface area (Å²) in [5, 5.41) is 0.701. The van der Waals surface area contributed by atoms with Crippen LogP contribution in [0.5, 0.6) is 0 Å². The molecule has 1 aliphatic carbocycles. The first-order chi connectivity index (χ1) is 12.5. The predicted octanol–water partition coefficient (Wildman–Crippen LogP) is 3.03. The van der Waals surface area contributed by atoms with Gasteiger partial charge < -0.3 is 4.74 Å². The molecule has 0 spiro atoms. The van der Waals surface area contributed by atoms with Gasteiger partial charge in [-0.25, -0.2) is 13.1 Å². The second-order valence-electron chi connectivity index (χ2n) is 6.66. The molecule has 2 aromatic rings. The number of nitrogens with zero attached hydrogens (tertiary/aromatic N) is 1. The van der Waals surface area contributed by atoms with Crippen LogP contribution in [0.2, 0.25) is 0 Å². The molecule has 26 heavy (non-hydrogen) atoms. The molecule has 1 aromatic heterocycles. The quantitative estimate of drug-likeness (QED) is 0.838. The van der Waals surface area contributed by atoms with Crippen LogP contribution in [0.15, 0.2) is 41.4 Å². The summed E-state index contributed by atoms with van der Waals surface area (Å²) in [7, 11) is -4.00. The highest BCUT2D eigenvalue weighted by Crippen LogP contribution is 2.29. The topological polar surface area (TPSA) is 85.4 Å². The van der Waals surface area contributed by atoms with Crippen molar-refractivity contribution in [2.24, 2.45) is 5.92 Å². The van der Waals surface area contributed by atoms with E-state index in [1.165, 1.54) is 18.7 Å².